The topological polar surface area (TPSA) is 68.3 Å². The van der Waals surface area contributed by atoms with E-state index < -0.39 is 0 Å². The van der Waals surface area contributed by atoms with Gasteiger partial charge in [0, 0.05) is 33.1 Å². The molecule has 0 amide bonds. The van der Waals surface area contributed by atoms with Crippen molar-refractivity contribution in [3.8, 4) is 0 Å². The number of para-hydroxylation sites is 2. The number of guanidine groups is 1. The number of aromatic nitrogens is 2. The maximum absolute atomic E-state index is 4.64. The van der Waals surface area contributed by atoms with Crippen molar-refractivity contribution in [3.63, 3.8) is 0 Å². The van der Waals surface area contributed by atoms with Crippen LogP contribution < -0.4 is 10.6 Å². The van der Waals surface area contributed by atoms with Crippen LogP contribution in [-0.4, -0.2) is 47.5 Å². The van der Waals surface area contributed by atoms with Gasteiger partial charge in [0.2, 0.25) is 0 Å². The lowest BCUT2D eigenvalue weighted by atomic mass is 10.1. The Kier molecular flexibility index (Phi) is 9.80. The molecule has 3 aromatic rings. The number of hydrogen-bond acceptors (Lipinski definition) is 3. The van der Waals surface area contributed by atoms with E-state index in [1.807, 2.05) is 25.2 Å². The van der Waals surface area contributed by atoms with E-state index >= 15 is 0 Å². The maximum Gasteiger partial charge on any atom is 0.191 e. The highest BCUT2D eigenvalue weighted by Gasteiger charge is 2.10. The summed E-state index contributed by atoms with van der Waals surface area (Å²) in [7, 11) is 1.82. The molecule has 2 aromatic carbocycles. The van der Waals surface area contributed by atoms with Crippen molar-refractivity contribution < 1.29 is 0 Å². The number of piperidine rings is 1. The molecular formula is C25H35IN6. The quantitative estimate of drug-likeness (QED) is 0.169. The highest BCUT2D eigenvalue weighted by atomic mass is 127. The molecule has 0 radical (unpaired) electrons. The third-order valence-corrected chi connectivity index (χ3v) is 5.88. The second-order valence-corrected chi connectivity index (χ2v) is 8.31. The maximum atomic E-state index is 4.64. The summed E-state index contributed by atoms with van der Waals surface area (Å²) in [6.07, 6.45) is 5.97. The molecule has 0 bridgehead atoms. The van der Waals surface area contributed by atoms with Gasteiger partial charge in [-0.05, 0) is 55.6 Å². The van der Waals surface area contributed by atoms with Crippen LogP contribution >= 0.6 is 24.0 Å². The molecular weight excluding hydrogens is 511 g/mol. The van der Waals surface area contributed by atoms with Gasteiger partial charge in [0.05, 0.1) is 11.0 Å². The van der Waals surface area contributed by atoms with E-state index in [2.05, 4.69) is 60.8 Å². The molecule has 6 nitrogen and oxygen atoms in total. The molecule has 0 spiro atoms. The van der Waals surface area contributed by atoms with E-state index in [-0.39, 0.29) is 24.0 Å². The lowest BCUT2D eigenvalue weighted by Gasteiger charge is -2.26. The van der Waals surface area contributed by atoms with Crippen molar-refractivity contribution in [1.29, 1.82) is 0 Å². The Balaban J connectivity index is 0.00000289. The average molecular weight is 547 g/mol. The Labute approximate surface area is 208 Å². The van der Waals surface area contributed by atoms with E-state index in [1.54, 1.807) is 0 Å². The predicted molar refractivity (Wildman–Crippen MR) is 144 cm³/mol. The number of aliphatic imine (C=N–C) groups is 1. The van der Waals surface area contributed by atoms with Crippen molar-refractivity contribution >= 4 is 41.0 Å². The molecule has 172 valence electrons. The second kappa shape index (κ2) is 12.8. The van der Waals surface area contributed by atoms with Crippen LogP contribution in [0, 0.1) is 0 Å². The number of likely N-dealkylation sites (tertiary alicyclic amines) is 1. The van der Waals surface area contributed by atoms with Crippen LogP contribution in [0.3, 0.4) is 0 Å². The number of fused-ring (bicyclic) bond motifs is 1. The number of nitrogens with zero attached hydrogens (tertiary/aromatic N) is 3. The third-order valence-electron chi connectivity index (χ3n) is 5.88. The first-order valence-electron chi connectivity index (χ1n) is 11.5. The van der Waals surface area contributed by atoms with Gasteiger partial charge in [0.15, 0.2) is 5.96 Å². The summed E-state index contributed by atoms with van der Waals surface area (Å²) in [5.74, 6) is 1.87. The van der Waals surface area contributed by atoms with E-state index in [0.717, 1.165) is 55.3 Å². The normalized spacial score (nSPS) is 14.8. The number of H-pyrrole nitrogens is 1. The molecule has 0 aliphatic carbocycles. The standard InChI is InChI=1S/C25H34N6.HI/c1-26-25(27-15-7-10-24-29-22-8-3-4-9-23(22)30-24)28-18-20-11-13-21(14-12-20)19-31-16-5-2-6-17-31;/h3-4,8-9,11-14H,2,5-7,10,15-19H2,1H3,(H,29,30)(H2,26,27,28);1H. The fraction of sp³-hybridized carbons (Fsp3) is 0.440. The number of nitrogens with one attached hydrogen (secondary N) is 3. The minimum absolute atomic E-state index is 0. The molecule has 1 aliphatic rings. The number of aromatic amines is 1. The minimum Gasteiger partial charge on any atom is -0.356 e. The van der Waals surface area contributed by atoms with Crippen molar-refractivity contribution in [1.82, 2.24) is 25.5 Å². The number of rotatable bonds is 8. The van der Waals surface area contributed by atoms with Gasteiger partial charge in [-0.1, -0.05) is 42.8 Å². The summed E-state index contributed by atoms with van der Waals surface area (Å²) in [5.41, 5.74) is 4.81. The molecule has 3 N–H and O–H groups in total. The zero-order valence-electron chi connectivity index (χ0n) is 18.9. The summed E-state index contributed by atoms with van der Waals surface area (Å²) in [5, 5.41) is 6.81. The van der Waals surface area contributed by atoms with Crippen LogP contribution in [0.1, 0.15) is 42.6 Å². The number of benzene rings is 2. The molecule has 1 fully saturated rings. The molecule has 0 unspecified atom stereocenters. The van der Waals surface area contributed by atoms with Gasteiger partial charge in [-0.3, -0.25) is 9.89 Å². The van der Waals surface area contributed by atoms with Crippen LogP contribution in [0.5, 0.6) is 0 Å². The SMILES string of the molecule is CN=C(NCCCc1nc2ccccc2[nH]1)NCc1ccc(CN2CCCCC2)cc1.I. The third kappa shape index (κ3) is 7.20. The van der Waals surface area contributed by atoms with Gasteiger partial charge in [0.25, 0.3) is 0 Å². The highest BCUT2D eigenvalue weighted by molar-refractivity contribution is 14.0. The first-order chi connectivity index (χ1) is 15.3. The smallest absolute Gasteiger partial charge is 0.191 e. The molecule has 0 atom stereocenters. The Hall–Kier alpha value is -2.13. The lowest BCUT2D eigenvalue weighted by Crippen LogP contribution is -2.37. The predicted octanol–water partition coefficient (Wildman–Crippen LogP) is 4.46. The van der Waals surface area contributed by atoms with Gasteiger partial charge in [-0.2, -0.15) is 0 Å². The minimum atomic E-state index is 0. The van der Waals surface area contributed by atoms with Crippen LogP contribution in [0.25, 0.3) is 11.0 Å². The van der Waals surface area contributed by atoms with E-state index in [1.165, 1.54) is 43.5 Å². The van der Waals surface area contributed by atoms with Gasteiger partial charge in [-0.25, -0.2) is 4.98 Å². The van der Waals surface area contributed by atoms with Gasteiger partial charge in [-0.15, -0.1) is 24.0 Å². The van der Waals surface area contributed by atoms with Crippen molar-refractivity contribution in [2.75, 3.05) is 26.7 Å². The van der Waals surface area contributed by atoms with E-state index in [9.17, 15) is 0 Å². The molecule has 2 heterocycles. The van der Waals surface area contributed by atoms with Gasteiger partial charge < -0.3 is 15.6 Å². The van der Waals surface area contributed by atoms with E-state index in [0.29, 0.717) is 0 Å². The van der Waals surface area contributed by atoms with Crippen LogP contribution in [0.4, 0.5) is 0 Å². The molecule has 1 aliphatic heterocycles. The largest absolute Gasteiger partial charge is 0.356 e. The molecule has 4 rings (SSSR count). The lowest BCUT2D eigenvalue weighted by molar-refractivity contribution is 0.221. The molecule has 7 heteroatoms. The summed E-state index contributed by atoms with van der Waals surface area (Å²) >= 11 is 0. The van der Waals surface area contributed by atoms with Gasteiger partial charge in [0.1, 0.15) is 5.82 Å². The zero-order valence-corrected chi connectivity index (χ0v) is 21.3. The van der Waals surface area contributed by atoms with Crippen molar-refractivity contribution in [2.45, 2.75) is 45.2 Å². The Bertz CT molecular complexity index is 943. The van der Waals surface area contributed by atoms with E-state index in [4.69, 9.17) is 0 Å². The Morgan fingerprint density at radius 2 is 1.75 bits per heavy atom. The summed E-state index contributed by atoms with van der Waals surface area (Å²) in [6.45, 7) is 5.17. The Morgan fingerprint density at radius 3 is 2.50 bits per heavy atom. The van der Waals surface area contributed by atoms with Crippen molar-refractivity contribution in [2.24, 2.45) is 4.99 Å². The van der Waals surface area contributed by atoms with Crippen LogP contribution in [-0.2, 0) is 19.5 Å². The summed E-state index contributed by atoms with van der Waals surface area (Å²) in [4.78, 5) is 14.9. The molecule has 0 saturated carbocycles. The first kappa shape index (κ1) is 24.5. The molecule has 1 aromatic heterocycles. The Morgan fingerprint density at radius 1 is 1.00 bits per heavy atom. The zero-order chi connectivity index (χ0) is 21.3. The van der Waals surface area contributed by atoms with Crippen LogP contribution in [0.2, 0.25) is 0 Å². The van der Waals surface area contributed by atoms with Crippen LogP contribution in [0.15, 0.2) is 53.5 Å². The number of imidazole rings is 1. The number of halogens is 1. The fourth-order valence-electron chi connectivity index (χ4n) is 4.13. The van der Waals surface area contributed by atoms with Crippen molar-refractivity contribution in [3.05, 3.63) is 65.5 Å². The molecule has 1 saturated heterocycles. The first-order valence-corrected chi connectivity index (χ1v) is 11.5. The summed E-state index contributed by atoms with van der Waals surface area (Å²) in [6, 6.07) is 17.1. The highest BCUT2D eigenvalue weighted by Crippen LogP contribution is 2.14. The monoisotopic (exact) mass is 546 g/mol. The number of aryl methyl sites for hydroxylation is 1. The second-order valence-electron chi connectivity index (χ2n) is 8.31. The summed E-state index contributed by atoms with van der Waals surface area (Å²) < 4.78 is 0. The van der Waals surface area contributed by atoms with Gasteiger partial charge >= 0.3 is 0 Å². The molecule has 32 heavy (non-hydrogen) atoms. The average Bonchev–Trinajstić information content (AvgIpc) is 3.23. The fourth-order valence-corrected chi connectivity index (χ4v) is 4.13. The number of hydrogen-bond donors (Lipinski definition) is 3.